The number of nitrogens with one attached hydrogen (secondary N) is 2. The Balaban J connectivity index is 1.98. The largest absolute Gasteiger partial charge is 0.353 e. The van der Waals surface area contributed by atoms with Crippen LogP contribution < -0.4 is 16.6 Å². The molecule has 4 nitrogen and oxygen atoms in total. The molecule has 1 aliphatic carbocycles. The van der Waals surface area contributed by atoms with Crippen LogP contribution in [0.25, 0.3) is 0 Å². The van der Waals surface area contributed by atoms with Gasteiger partial charge in [0.25, 0.3) is 0 Å². The van der Waals surface area contributed by atoms with E-state index in [1.54, 1.807) is 12.1 Å². The quantitative estimate of drug-likeness (QED) is 0.333. The molecule has 2 rings (SSSR count). The number of aliphatic imine (C=N–C) groups is 1. The second kappa shape index (κ2) is 5.33. The first kappa shape index (κ1) is 12.1. The van der Waals surface area contributed by atoms with Crippen molar-refractivity contribution >= 4 is 17.6 Å². The van der Waals surface area contributed by atoms with Crippen molar-refractivity contribution in [3.63, 3.8) is 0 Å². The summed E-state index contributed by atoms with van der Waals surface area (Å²) in [4.78, 5) is 4.25. The number of nitrogens with zero attached hydrogens (tertiary/aromatic N) is 1. The van der Waals surface area contributed by atoms with Crippen LogP contribution in [-0.2, 0) is 6.54 Å². The second-order valence-electron chi connectivity index (χ2n) is 3.98. The molecular formula is C11H14ClFN4. The highest BCUT2D eigenvalue weighted by molar-refractivity contribution is 6.30. The van der Waals surface area contributed by atoms with Gasteiger partial charge in [-0.2, -0.15) is 0 Å². The summed E-state index contributed by atoms with van der Waals surface area (Å²) < 4.78 is 12.9. The average Bonchev–Trinajstić information content (AvgIpc) is 3.12. The van der Waals surface area contributed by atoms with E-state index < -0.39 is 5.82 Å². The van der Waals surface area contributed by atoms with Gasteiger partial charge in [0.1, 0.15) is 5.82 Å². The first-order valence-electron chi connectivity index (χ1n) is 5.40. The average molecular weight is 257 g/mol. The van der Waals surface area contributed by atoms with E-state index in [1.165, 1.54) is 6.07 Å². The van der Waals surface area contributed by atoms with Crippen molar-refractivity contribution in [1.29, 1.82) is 0 Å². The number of halogens is 2. The van der Waals surface area contributed by atoms with Crippen molar-refractivity contribution in [2.75, 3.05) is 0 Å². The Kier molecular flexibility index (Phi) is 3.81. The molecular weight excluding hydrogens is 243 g/mol. The van der Waals surface area contributed by atoms with Crippen molar-refractivity contribution in [2.24, 2.45) is 10.8 Å². The number of hydrazine groups is 1. The molecule has 1 aliphatic rings. The lowest BCUT2D eigenvalue weighted by Gasteiger charge is -2.07. The number of nitrogens with two attached hydrogens (primary N) is 1. The minimum atomic E-state index is -0.423. The predicted octanol–water partition coefficient (Wildman–Crippen LogP) is 1.55. The van der Waals surface area contributed by atoms with Crippen molar-refractivity contribution < 1.29 is 4.39 Å². The van der Waals surface area contributed by atoms with Crippen LogP contribution in [0, 0.1) is 5.82 Å². The van der Waals surface area contributed by atoms with Crippen LogP contribution in [0.5, 0.6) is 0 Å². The summed E-state index contributed by atoms with van der Waals surface area (Å²) in [6.07, 6.45) is 2.28. The molecule has 0 radical (unpaired) electrons. The van der Waals surface area contributed by atoms with E-state index in [1.807, 2.05) is 0 Å². The number of benzene rings is 1. The van der Waals surface area contributed by atoms with Gasteiger partial charge < -0.3 is 5.32 Å². The fourth-order valence-electron chi connectivity index (χ4n) is 1.36. The topological polar surface area (TPSA) is 62.4 Å². The van der Waals surface area contributed by atoms with E-state index in [9.17, 15) is 4.39 Å². The Morgan fingerprint density at radius 3 is 2.88 bits per heavy atom. The van der Waals surface area contributed by atoms with Crippen LogP contribution in [0.15, 0.2) is 23.2 Å². The summed E-state index contributed by atoms with van der Waals surface area (Å²) in [5, 5.41) is 3.25. The van der Waals surface area contributed by atoms with Gasteiger partial charge in [-0.1, -0.05) is 17.7 Å². The first-order chi connectivity index (χ1) is 8.19. The molecule has 4 N–H and O–H groups in total. The summed E-state index contributed by atoms with van der Waals surface area (Å²) in [5.74, 6) is 5.46. The SMILES string of the molecule is NNC(=NCc1ccc(F)c(Cl)c1)NC1CC1. The van der Waals surface area contributed by atoms with Crippen LogP contribution in [0.2, 0.25) is 5.02 Å². The molecule has 1 aromatic carbocycles. The van der Waals surface area contributed by atoms with Gasteiger partial charge in [-0.3, -0.25) is 5.43 Å². The minimum Gasteiger partial charge on any atom is -0.353 e. The Morgan fingerprint density at radius 1 is 1.53 bits per heavy atom. The molecule has 0 saturated heterocycles. The zero-order valence-electron chi connectivity index (χ0n) is 9.21. The molecule has 0 unspecified atom stereocenters. The summed E-state index contributed by atoms with van der Waals surface area (Å²) in [5.41, 5.74) is 3.34. The van der Waals surface area contributed by atoms with Gasteiger partial charge in [-0.15, -0.1) is 0 Å². The molecule has 0 atom stereocenters. The van der Waals surface area contributed by atoms with Gasteiger partial charge in [0.2, 0.25) is 5.96 Å². The highest BCUT2D eigenvalue weighted by Gasteiger charge is 2.21. The molecule has 0 heterocycles. The third-order valence-corrected chi connectivity index (χ3v) is 2.75. The Labute approximate surface area is 104 Å². The van der Waals surface area contributed by atoms with E-state index in [2.05, 4.69) is 15.7 Å². The molecule has 1 aromatic rings. The fourth-order valence-corrected chi connectivity index (χ4v) is 1.57. The summed E-state index contributed by atoms with van der Waals surface area (Å²) in [7, 11) is 0. The maximum Gasteiger partial charge on any atom is 0.206 e. The van der Waals surface area contributed by atoms with Gasteiger partial charge >= 0.3 is 0 Å². The molecule has 1 fully saturated rings. The molecule has 92 valence electrons. The van der Waals surface area contributed by atoms with Crippen LogP contribution in [0.4, 0.5) is 4.39 Å². The number of hydrogen-bond acceptors (Lipinski definition) is 2. The van der Waals surface area contributed by atoms with Crippen LogP contribution in [0.3, 0.4) is 0 Å². The molecule has 0 spiro atoms. The Bertz CT molecular complexity index is 431. The van der Waals surface area contributed by atoms with Crippen molar-refractivity contribution in [2.45, 2.75) is 25.4 Å². The van der Waals surface area contributed by atoms with E-state index in [0.29, 0.717) is 18.5 Å². The molecule has 0 aromatic heterocycles. The molecule has 0 bridgehead atoms. The third-order valence-electron chi connectivity index (χ3n) is 2.46. The lowest BCUT2D eigenvalue weighted by molar-refractivity contribution is 0.627. The number of hydrogen-bond donors (Lipinski definition) is 3. The fraction of sp³-hybridized carbons (Fsp3) is 0.364. The highest BCUT2D eigenvalue weighted by Crippen LogP contribution is 2.19. The standard InChI is InChI=1S/C11H14ClFN4/c12-9-5-7(1-4-10(9)13)6-15-11(17-14)16-8-2-3-8/h1,4-5,8H,2-3,6,14H2,(H2,15,16,17). The molecule has 0 amide bonds. The predicted molar refractivity (Wildman–Crippen MR) is 66.0 cm³/mol. The van der Waals surface area contributed by atoms with Gasteiger partial charge in [0, 0.05) is 6.04 Å². The molecule has 0 aliphatic heterocycles. The minimum absolute atomic E-state index is 0.107. The summed E-state index contributed by atoms with van der Waals surface area (Å²) in [6.45, 7) is 0.402. The molecule has 6 heteroatoms. The van der Waals surface area contributed by atoms with Crippen molar-refractivity contribution in [1.82, 2.24) is 10.7 Å². The van der Waals surface area contributed by atoms with Gasteiger partial charge in [-0.25, -0.2) is 15.2 Å². The maximum absolute atomic E-state index is 12.9. The van der Waals surface area contributed by atoms with Crippen molar-refractivity contribution in [3.05, 3.63) is 34.6 Å². The highest BCUT2D eigenvalue weighted by atomic mass is 35.5. The van der Waals surface area contributed by atoms with E-state index >= 15 is 0 Å². The Morgan fingerprint density at radius 2 is 2.29 bits per heavy atom. The van der Waals surface area contributed by atoms with Crippen molar-refractivity contribution in [3.8, 4) is 0 Å². The normalized spacial score (nSPS) is 15.8. The molecule has 1 saturated carbocycles. The van der Waals surface area contributed by atoms with E-state index in [-0.39, 0.29) is 5.02 Å². The zero-order chi connectivity index (χ0) is 12.3. The monoisotopic (exact) mass is 256 g/mol. The van der Waals surface area contributed by atoms with E-state index in [0.717, 1.165) is 18.4 Å². The van der Waals surface area contributed by atoms with Gasteiger partial charge in [-0.05, 0) is 30.5 Å². The van der Waals surface area contributed by atoms with E-state index in [4.69, 9.17) is 17.4 Å². The lowest BCUT2D eigenvalue weighted by atomic mass is 10.2. The second-order valence-corrected chi connectivity index (χ2v) is 4.38. The van der Waals surface area contributed by atoms with Crippen LogP contribution in [0.1, 0.15) is 18.4 Å². The zero-order valence-corrected chi connectivity index (χ0v) is 9.97. The third kappa shape index (κ3) is 3.57. The maximum atomic E-state index is 12.9. The lowest BCUT2D eigenvalue weighted by Crippen LogP contribution is -2.42. The van der Waals surface area contributed by atoms with Crippen LogP contribution >= 0.6 is 11.6 Å². The van der Waals surface area contributed by atoms with Gasteiger partial charge in [0.05, 0.1) is 11.6 Å². The smallest absolute Gasteiger partial charge is 0.206 e. The number of rotatable bonds is 3. The number of guanidine groups is 1. The first-order valence-corrected chi connectivity index (χ1v) is 5.78. The van der Waals surface area contributed by atoms with Crippen LogP contribution in [-0.4, -0.2) is 12.0 Å². The Hall–Kier alpha value is -1.33. The summed E-state index contributed by atoms with van der Waals surface area (Å²) >= 11 is 5.68. The van der Waals surface area contributed by atoms with Gasteiger partial charge in [0.15, 0.2) is 0 Å². The molecule has 17 heavy (non-hydrogen) atoms. The summed E-state index contributed by atoms with van der Waals surface area (Å²) in [6, 6.07) is 5.01.